The van der Waals surface area contributed by atoms with E-state index in [1.807, 2.05) is 13.1 Å². The van der Waals surface area contributed by atoms with Gasteiger partial charge in [-0.2, -0.15) is 5.10 Å². The number of aryl methyl sites for hydroxylation is 2. The number of aromatic nitrogens is 2. The molecular formula is C19H27N5O5. The molecule has 1 saturated heterocycles. The third-order valence-corrected chi connectivity index (χ3v) is 5.00. The Labute approximate surface area is 169 Å². The number of hydrogen-bond acceptors (Lipinski definition) is 6. The molecule has 2 amide bonds. The van der Waals surface area contributed by atoms with E-state index in [9.17, 15) is 9.59 Å². The first-order chi connectivity index (χ1) is 13.8. The summed E-state index contributed by atoms with van der Waals surface area (Å²) in [6.07, 6.45) is 4.27. The molecule has 0 aliphatic carbocycles. The number of carbonyl (C=O) groups is 3. The molecule has 0 spiro atoms. The molecule has 1 aliphatic heterocycles. The average molecular weight is 405 g/mol. The molecule has 158 valence electrons. The van der Waals surface area contributed by atoms with E-state index >= 15 is 0 Å². The van der Waals surface area contributed by atoms with E-state index in [1.165, 1.54) is 6.26 Å². The van der Waals surface area contributed by atoms with Crippen molar-refractivity contribution in [3.63, 3.8) is 0 Å². The number of amides is 2. The zero-order valence-corrected chi connectivity index (χ0v) is 17.1. The first-order valence-corrected chi connectivity index (χ1v) is 9.15. The second-order valence-electron chi connectivity index (χ2n) is 7.03. The maximum atomic E-state index is 12.9. The molecule has 2 aromatic rings. The Hall–Kier alpha value is -3.30. The van der Waals surface area contributed by atoms with E-state index in [1.54, 1.807) is 47.8 Å². The zero-order valence-electron chi connectivity index (χ0n) is 17.1. The Balaban J connectivity index is 0.000000941. The fourth-order valence-corrected chi connectivity index (χ4v) is 3.43. The zero-order chi connectivity index (χ0) is 21.6. The van der Waals surface area contributed by atoms with Crippen LogP contribution in [0.5, 0.6) is 0 Å². The number of likely N-dealkylation sites (N-methyl/N-ethyl adjacent to an activating group) is 1. The maximum Gasteiger partial charge on any atom is 0.290 e. The van der Waals surface area contributed by atoms with Gasteiger partial charge in [-0.15, -0.1) is 0 Å². The molecule has 10 heteroatoms. The lowest BCUT2D eigenvalue weighted by Crippen LogP contribution is -2.59. The fourth-order valence-electron chi connectivity index (χ4n) is 3.43. The average Bonchev–Trinajstić information content (AvgIpc) is 3.30. The molecule has 0 saturated carbocycles. The summed E-state index contributed by atoms with van der Waals surface area (Å²) in [4.78, 5) is 37.4. The van der Waals surface area contributed by atoms with Crippen LogP contribution in [0, 0.1) is 6.92 Å². The first kappa shape index (κ1) is 22.0. The van der Waals surface area contributed by atoms with Crippen LogP contribution < -0.4 is 5.32 Å². The van der Waals surface area contributed by atoms with Crippen LogP contribution in [-0.4, -0.2) is 75.7 Å². The van der Waals surface area contributed by atoms with Gasteiger partial charge < -0.3 is 24.6 Å². The smallest absolute Gasteiger partial charge is 0.290 e. The highest BCUT2D eigenvalue weighted by molar-refractivity contribution is 5.96. The molecule has 10 nitrogen and oxygen atoms in total. The summed E-state index contributed by atoms with van der Waals surface area (Å²) in [7, 11) is 5.33. The minimum atomic E-state index is -0.750. The van der Waals surface area contributed by atoms with Gasteiger partial charge in [0, 0.05) is 40.3 Å². The van der Waals surface area contributed by atoms with Gasteiger partial charge in [0.15, 0.2) is 0 Å². The summed E-state index contributed by atoms with van der Waals surface area (Å²) in [5, 5.41) is 14.4. The van der Waals surface area contributed by atoms with Gasteiger partial charge in [0.25, 0.3) is 12.4 Å². The number of furan rings is 1. The lowest BCUT2D eigenvalue weighted by molar-refractivity contribution is -0.135. The van der Waals surface area contributed by atoms with E-state index in [0.717, 1.165) is 5.82 Å². The molecule has 3 rings (SSSR count). The minimum absolute atomic E-state index is 0.00490. The Kier molecular flexibility index (Phi) is 7.03. The highest BCUT2D eigenvalue weighted by atomic mass is 16.3. The van der Waals surface area contributed by atoms with Crippen LogP contribution in [-0.2, 0) is 16.6 Å². The summed E-state index contributed by atoms with van der Waals surface area (Å²) >= 11 is 0. The van der Waals surface area contributed by atoms with Crippen molar-refractivity contribution in [2.24, 2.45) is 7.05 Å². The summed E-state index contributed by atoms with van der Waals surface area (Å²) in [5.74, 6) is 1.35. The number of nitrogens with one attached hydrogen (secondary N) is 1. The molecule has 1 aliphatic rings. The topological polar surface area (TPSA) is 121 Å². The number of anilines is 1. The normalized spacial score (nSPS) is 15.1. The van der Waals surface area contributed by atoms with Crippen molar-refractivity contribution in [2.45, 2.75) is 25.3 Å². The van der Waals surface area contributed by atoms with Crippen LogP contribution in [0.3, 0.4) is 0 Å². The van der Waals surface area contributed by atoms with Crippen molar-refractivity contribution in [3.05, 3.63) is 35.9 Å². The van der Waals surface area contributed by atoms with Crippen LogP contribution in [0.1, 0.15) is 29.0 Å². The Bertz CT molecular complexity index is 849. The third kappa shape index (κ3) is 4.76. The predicted octanol–water partition coefficient (Wildman–Crippen LogP) is 1.20. The molecule has 2 N–H and O–H groups in total. The molecule has 29 heavy (non-hydrogen) atoms. The van der Waals surface area contributed by atoms with Crippen LogP contribution >= 0.6 is 0 Å². The van der Waals surface area contributed by atoms with Gasteiger partial charge in [-0.05, 0) is 25.8 Å². The fraction of sp³-hybridized carbons (Fsp3) is 0.474. The number of rotatable bonds is 4. The molecule has 0 bridgehead atoms. The van der Waals surface area contributed by atoms with Crippen molar-refractivity contribution in [1.29, 1.82) is 0 Å². The lowest BCUT2D eigenvalue weighted by Gasteiger charge is -2.42. The number of nitrogens with zero attached hydrogens (tertiary/aromatic N) is 4. The molecule has 2 aromatic heterocycles. The van der Waals surface area contributed by atoms with E-state index in [2.05, 4.69) is 10.4 Å². The summed E-state index contributed by atoms with van der Waals surface area (Å²) in [6.45, 7) is 2.52. The highest BCUT2D eigenvalue weighted by Gasteiger charge is 2.44. The molecule has 0 radical (unpaired) electrons. The van der Waals surface area contributed by atoms with Gasteiger partial charge in [-0.25, -0.2) is 0 Å². The van der Waals surface area contributed by atoms with Crippen molar-refractivity contribution in [2.75, 3.05) is 32.5 Å². The second kappa shape index (κ2) is 9.26. The van der Waals surface area contributed by atoms with Gasteiger partial charge >= 0.3 is 0 Å². The van der Waals surface area contributed by atoms with Gasteiger partial charge in [0.1, 0.15) is 17.1 Å². The van der Waals surface area contributed by atoms with Crippen LogP contribution in [0.2, 0.25) is 0 Å². The van der Waals surface area contributed by atoms with Gasteiger partial charge in [0.05, 0.1) is 18.0 Å². The largest absolute Gasteiger partial charge is 0.483 e. The van der Waals surface area contributed by atoms with Crippen LogP contribution in [0.15, 0.2) is 29.0 Å². The predicted molar refractivity (Wildman–Crippen MR) is 106 cm³/mol. The van der Waals surface area contributed by atoms with E-state index in [-0.39, 0.29) is 18.3 Å². The van der Waals surface area contributed by atoms with Gasteiger partial charge in [-0.1, -0.05) is 0 Å². The summed E-state index contributed by atoms with van der Waals surface area (Å²) < 4.78 is 6.95. The molecule has 0 atom stereocenters. The van der Waals surface area contributed by atoms with Crippen molar-refractivity contribution < 1.29 is 23.9 Å². The Morgan fingerprint density at radius 1 is 1.31 bits per heavy atom. The van der Waals surface area contributed by atoms with Crippen LogP contribution in [0.4, 0.5) is 5.82 Å². The van der Waals surface area contributed by atoms with E-state index in [0.29, 0.717) is 37.3 Å². The van der Waals surface area contributed by atoms with Crippen molar-refractivity contribution in [3.8, 4) is 0 Å². The first-order valence-electron chi connectivity index (χ1n) is 9.15. The quantitative estimate of drug-likeness (QED) is 0.733. The van der Waals surface area contributed by atoms with Crippen LogP contribution in [0.25, 0.3) is 0 Å². The Morgan fingerprint density at radius 3 is 2.38 bits per heavy atom. The van der Waals surface area contributed by atoms with Gasteiger partial charge in [-0.3, -0.25) is 19.1 Å². The number of carboxylic acid groups (broad SMARTS) is 1. The molecule has 0 unspecified atom stereocenters. The standard InChI is InChI=1S/C18H25N5O3.CH2O2/c1-13-14(6-12-26-13)16(24)23-10-7-18(8-11-23,17(25)21(2)3)20-15-5-9-19-22(15)4;2-1-3/h5-6,9,12,20H,7-8,10-11H2,1-4H3;1H,(H,2,3). The lowest BCUT2D eigenvalue weighted by atomic mass is 9.85. The molecular weight excluding hydrogens is 378 g/mol. The number of hydrogen-bond donors (Lipinski definition) is 2. The minimum Gasteiger partial charge on any atom is -0.483 e. The third-order valence-electron chi connectivity index (χ3n) is 5.00. The molecule has 1 fully saturated rings. The monoisotopic (exact) mass is 405 g/mol. The van der Waals surface area contributed by atoms with E-state index in [4.69, 9.17) is 14.3 Å². The highest BCUT2D eigenvalue weighted by Crippen LogP contribution is 2.29. The van der Waals surface area contributed by atoms with Crippen molar-refractivity contribution in [1.82, 2.24) is 19.6 Å². The number of piperidine rings is 1. The molecule has 0 aromatic carbocycles. The van der Waals surface area contributed by atoms with E-state index < -0.39 is 5.54 Å². The summed E-state index contributed by atoms with van der Waals surface area (Å²) in [6, 6.07) is 3.54. The van der Waals surface area contributed by atoms with Crippen molar-refractivity contribution >= 4 is 24.1 Å². The maximum absolute atomic E-state index is 12.9. The van der Waals surface area contributed by atoms with Gasteiger partial charge in [0.2, 0.25) is 5.91 Å². The number of carbonyl (C=O) groups excluding carboxylic acids is 2. The SMILES string of the molecule is Cc1occc1C(=O)N1CCC(Nc2ccnn2C)(C(=O)N(C)C)CC1.O=CO. The Morgan fingerprint density at radius 2 is 1.93 bits per heavy atom. The second-order valence-corrected chi connectivity index (χ2v) is 7.03. The molecule has 3 heterocycles. The summed E-state index contributed by atoms with van der Waals surface area (Å²) in [5.41, 5.74) is -0.171. The number of likely N-dealkylation sites (tertiary alicyclic amines) is 1.